The molecule has 2 heterocycles. The number of aromatic nitrogens is 2. The Kier molecular flexibility index (Phi) is 4.99. The van der Waals surface area contributed by atoms with Gasteiger partial charge in [0.2, 0.25) is 0 Å². The van der Waals surface area contributed by atoms with E-state index < -0.39 is 0 Å². The van der Waals surface area contributed by atoms with Gasteiger partial charge >= 0.3 is 0 Å². The predicted octanol–water partition coefficient (Wildman–Crippen LogP) is 1.51. The minimum absolute atomic E-state index is 0.408. The van der Waals surface area contributed by atoms with Gasteiger partial charge in [-0.25, -0.2) is 0 Å². The van der Waals surface area contributed by atoms with Gasteiger partial charge in [0.25, 0.3) is 0 Å². The SMILES string of the molecule is Cc1nn(C)c(NCC(C)CN2CCCC2)c1C(N)=S. The number of thiocarbonyl (C=S) groups is 1. The molecule has 0 spiro atoms. The van der Waals surface area contributed by atoms with E-state index in [1.54, 1.807) is 0 Å². The van der Waals surface area contributed by atoms with Crippen molar-refractivity contribution >= 4 is 23.0 Å². The van der Waals surface area contributed by atoms with Crippen LogP contribution in [0.25, 0.3) is 0 Å². The zero-order chi connectivity index (χ0) is 14.7. The molecule has 0 bridgehead atoms. The van der Waals surface area contributed by atoms with Crippen LogP contribution < -0.4 is 11.1 Å². The Bertz CT molecular complexity index is 476. The normalized spacial score (nSPS) is 17.4. The van der Waals surface area contributed by atoms with Crippen LogP contribution in [-0.2, 0) is 7.05 Å². The van der Waals surface area contributed by atoms with Crippen molar-refractivity contribution in [3.63, 3.8) is 0 Å². The summed E-state index contributed by atoms with van der Waals surface area (Å²) >= 11 is 5.12. The second-order valence-corrected chi connectivity index (χ2v) is 6.23. The van der Waals surface area contributed by atoms with Gasteiger partial charge in [-0.3, -0.25) is 4.68 Å². The highest BCUT2D eigenvalue weighted by Crippen LogP contribution is 2.19. The molecule has 1 aromatic heterocycles. The van der Waals surface area contributed by atoms with Gasteiger partial charge in [-0.1, -0.05) is 19.1 Å². The van der Waals surface area contributed by atoms with E-state index >= 15 is 0 Å². The Balaban J connectivity index is 1.94. The van der Waals surface area contributed by atoms with E-state index in [1.807, 2.05) is 18.7 Å². The maximum absolute atomic E-state index is 5.80. The smallest absolute Gasteiger partial charge is 0.134 e. The van der Waals surface area contributed by atoms with E-state index in [-0.39, 0.29) is 0 Å². The first-order valence-electron chi connectivity index (χ1n) is 7.28. The maximum Gasteiger partial charge on any atom is 0.134 e. The van der Waals surface area contributed by atoms with Crippen molar-refractivity contribution in [1.82, 2.24) is 14.7 Å². The van der Waals surface area contributed by atoms with E-state index in [1.165, 1.54) is 25.9 Å². The molecule has 0 amide bonds. The lowest BCUT2D eigenvalue weighted by molar-refractivity contribution is 0.294. The van der Waals surface area contributed by atoms with Gasteiger partial charge in [-0.2, -0.15) is 5.10 Å². The van der Waals surface area contributed by atoms with Crippen LogP contribution in [0.2, 0.25) is 0 Å². The van der Waals surface area contributed by atoms with Gasteiger partial charge < -0.3 is 16.0 Å². The number of nitrogens with two attached hydrogens (primary N) is 1. The molecule has 20 heavy (non-hydrogen) atoms. The molecule has 1 aliphatic heterocycles. The van der Waals surface area contributed by atoms with Crippen molar-refractivity contribution in [3.8, 4) is 0 Å². The molecule has 1 saturated heterocycles. The summed E-state index contributed by atoms with van der Waals surface area (Å²) in [5.74, 6) is 1.52. The first kappa shape index (κ1) is 15.3. The third-order valence-corrected chi connectivity index (χ3v) is 4.06. The Morgan fingerprint density at radius 3 is 2.70 bits per heavy atom. The molecule has 0 radical (unpaired) electrons. The summed E-state index contributed by atoms with van der Waals surface area (Å²) in [5, 5.41) is 7.85. The number of rotatable bonds is 6. The molecule has 2 rings (SSSR count). The lowest BCUT2D eigenvalue weighted by Crippen LogP contribution is -2.29. The molecule has 1 unspecified atom stereocenters. The second-order valence-electron chi connectivity index (χ2n) is 5.79. The lowest BCUT2D eigenvalue weighted by atomic mass is 10.1. The minimum atomic E-state index is 0.408. The van der Waals surface area contributed by atoms with Crippen molar-refractivity contribution in [2.45, 2.75) is 26.7 Å². The summed E-state index contributed by atoms with van der Waals surface area (Å²) in [4.78, 5) is 2.94. The molecule has 112 valence electrons. The van der Waals surface area contributed by atoms with Crippen LogP contribution in [0.4, 0.5) is 5.82 Å². The topological polar surface area (TPSA) is 59.1 Å². The molecule has 0 aromatic carbocycles. The highest BCUT2D eigenvalue weighted by molar-refractivity contribution is 7.80. The monoisotopic (exact) mass is 295 g/mol. The lowest BCUT2D eigenvalue weighted by Gasteiger charge is -2.21. The largest absolute Gasteiger partial charge is 0.389 e. The zero-order valence-corrected chi connectivity index (χ0v) is 13.5. The molecule has 1 atom stereocenters. The van der Waals surface area contributed by atoms with Crippen LogP contribution in [-0.4, -0.2) is 45.8 Å². The third kappa shape index (κ3) is 3.49. The Labute approximate surface area is 126 Å². The Morgan fingerprint density at radius 2 is 2.10 bits per heavy atom. The van der Waals surface area contributed by atoms with Crippen molar-refractivity contribution < 1.29 is 0 Å². The first-order chi connectivity index (χ1) is 9.49. The number of likely N-dealkylation sites (tertiary alicyclic amines) is 1. The third-order valence-electron chi connectivity index (χ3n) is 3.86. The molecule has 5 nitrogen and oxygen atoms in total. The summed E-state index contributed by atoms with van der Waals surface area (Å²) in [6.45, 7) is 8.75. The number of anilines is 1. The molecule has 0 aliphatic carbocycles. The summed E-state index contributed by atoms with van der Waals surface area (Å²) in [5.41, 5.74) is 7.55. The Morgan fingerprint density at radius 1 is 1.45 bits per heavy atom. The van der Waals surface area contributed by atoms with Crippen LogP contribution in [0.3, 0.4) is 0 Å². The fourth-order valence-electron chi connectivity index (χ4n) is 2.90. The summed E-state index contributed by atoms with van der Waals surface area (Å²) in [7, 11) is 1.92. The molecule has 1 fully saturated rings. The van der Waals surface area contributed by atoms with Gasteiger partial charge in [0, 0.05) is 20.1 Å². The minimum Gasteiger partial charge on any atom is -0.389 e. The standard InChI is InChI=1S/C14H25N5S/c1-10(9-19-6-4-5-7-19)8-16-14-12(13(15)20)11(2)17-18(14)3/h10,16H,4-9H2,1-3H3,(H2,15,20). The Hall–Kier alpha value is -1.14. The molecular weight excluding hydrogens is 270 g/mol. The summed E-state index contributed by atoms with van der Waals surface area (Å²) in [6, 6.07) is 0. The average molecular weight is 295 g/mol. The number of hydrogen-bond donors (Lipinski definition) is 2. The van der Waals surface area contributed by atoms with Gasteiger partial charge in [0.1, 0.15) is 10.8 Å². The van der Waals surface area contributed by atoms with Gasteiger partial charge in [-0.15, -0.1) is 0 Å². The fraction of sp³-hybridized carbons (Fsp3) is 0.714. The zero-order valence-electron chi connectivity index (χ0n) is 12.6. The first-order valence-corrected chi connectivity index (χ1v) is 7.69. The van der Waals surface area contributed by atoms with Crippen molar-refractivity contribution in [2.24, 2.45) is 18.7 Å². The van der Waals surface area contributed by atoms with E-state index in [0.29, 0.717) is 10.9 Å². The van der Waals surface area contributed by atoms with E-state index in [4.69, 9.17) is 18.0 Å². The molecule has 0 saturated carbocycles. The van der Waals surface area contributed by atoms with Crippen LogP contribution in [0.1, 0.15) is 31.0 Å². The molecule has 3 N–H and O–H groups in total. The van der Waals surface area contributed by atoms with Gasteiger partial charge in [0.05, 0.1) is 11.3 Å². The number of nitrogens with zero attached hydrogens (tertiary/aromatic N) is 3. The second kappa shape index (κ2) is 6.54. The van der Waals surface area contributed by atoms with Crippen molar-refractivity contribution in [2.75, 3.05) is 31.5 Å². The quantitative estimate of drug-likeness (QED) is 0.779. The summed E-state index contributed by atoms with van der Waals surface area (Å²) in [6.07, 6.45) is 2.68. The van der Waals surface area contributed by atoms with Gasteiger partial charge in [0.15, 0.2) is 0 Å². The highest BCUT2D eigenvalue weighted by Gasteiger charge is 2.18. The molecular formula is C14H25N5S. The highest BCUT2D eigenvalue weighted by atomic mass is 32.1. The number of nitrogens with one attached hydrogen (secondary N) is 1. The number of hydrogen-bond acceptors (Lipinski definition) is 4. The van der Waals surface area contributed by atoms with E-state index in [0.717, 1.165) is 30.2 Å². The van der Waals surface area contributed by atoms with Crippen LogP contribution in [0.5, 0.6) is 0 Å². The summed E-state index contributed by atoms with van der Waals surface area (Å²) < 4.78 is 1.83. The van der Waals surface area contributed by atoms with E-state index in [9.17, 15) is 0 Å². The van der Waals surface area contributed by atoms with Crippen LogP contribution in [0.15, 0.2) is 0 Å². The van der Waals surface area contributed by atoms with Crippen molar-refractivity contribution in [1.29, 1.82) is 0 Å². The van der Waals surface area contributed by atoms with Crippen LogP contribution >= 0.6 is 12.2 Å². The molecule has 1 aliphatic rings. The van der Waals surface area contributed by atoms with Gasteiger partial charge in [-0.05, 0) is 38.8 Å². The molecule has 6 heteroatoms. The van der Waals surface area contributed by atoms with E-state index in [2.05, 4.69) is 22.2 Å². The predicted molar refractivity (Wildman–Crippen MR) is 87.2 cm³/mol. The molecule has 1 aromatic rings. The average Bonchev–Trinajstić information content (AvgIpc) is 2.94. The van der Waals surface area contributed by atoms with Crippen LogP contribution in [0, 0.1) is 12.8 Å². The maximum atomic E-state index is 5.80. The fourth-order valence-corrected chi connectivity index (χ4v) is 3.14. The number of aryl methyl sites for hydroxylation is 2. The van der Waals surface area contributed by atoms with Crippen molar-refractivity contribution in [3.05, 3.63) is 11.3 Å².